The molecule has 1 aromatic carbocycles. The molecule has 118 valence electrons. The first kappa shape index (κ1) is 14.3. The molecule has 0 unspecified atom stereocenters. The molecule has 22 heavy (non-hydrogen) atoms. The highest BCUT2D eigenvalue weighted by Gasteiger charge is 2.40. The number of carbonyl (C=O) groups is 1. The van der Waals surface area contributed by atoms with Gasteiger partial charge in [-0.2, -0.15) is 0 Å². The van der Waals surface area contributed by atoms with Gasteiger partial charge in [-0.25, -0.2) is 0 Å². The quantitative estimate of drug-likeness (QED) is 0.926. The summed E-state index contributed by atoms with van der Waals surface area (Å²) in [5.41, 5.74) is 2.13. The molecule has 2 bridgehead atoms. The minimum atomic E-state index is 0.116. The van der Waals surface area contributed by atoms with Crippen molar-refractivity contribution in [2.75, 3.05) is 13.1 Å². The SMILES string of the molecule is O=C(N[C@@H]1C[C@@H]2CC[C@@H]1C2)c1ccc(CN2CCCC2)cc1. The Hall–Kier alpha value is -1.35. The van der Waals surface area contributed by atoms with E-state index in [-0.39, 0.29) is 5.91 Å². The average molecular weight is 298 g/mol. The normalized spacial score (nSPS) is 30.8. The number of amides is 1. The lowest BCUT2D eigenvalue weighted by molar-refractivity contribution is 0.0923. The first-order chi connectivity index (χ1) is 10.8. The minimum absolute atomic E-state index is 0.116. The molecule has 3 nitrogen and oxygen atoms in total. The number of carbonyl (C=O) groups excluding carboxylic acids is 1. The summed E-state index contributed by atoms with van der Waals surface area (Å²) < 4.78 is 0. The third kappa shape index (κ3) is 2.91. The van der Waals surface area contributed by atoms with Gasteiger partial charge < -0.3 is 5.32 Å². The van der Waals surface area contributed by atoms with Crippen LogP contribution in [0, 0.1) is 11.8 Å². The Morgan fingerprint density at radius 1 is 1.09 bits per heavy atom. The van der Waals surface area contributed by atoms with Crippen LogP contribution in [0.4, 0.5) is 0 Å². The van der Waals surface area contributed by atoms with Crippen LogP contribution in [0.2, 0.25) is 0 Å². The second kappa shape index (κ2) is 6.04. The fourth-order valence-electron chi connectivity index (χ4n) is 4.63. The van der Waals surface area contributed by atoms with Crippen molar-refractivity contribution in [2.45, 2.75) is 51.1 Å². The summed E-state index contributed by atoms with van der Waals surface area (Å²) in [5.74, 6) is 1.73. The van der Waals surface area contributed by atoms with Crippen LogP contribution in [-0.4, -0.2) is 29.9 Å². The van der Waals surface area contributed by atoms with E-state index >= 15 is 0 Å². The first-order valence-corrected chi connectivity index (χ1v) is 8.90. The molecule has 3 heteroatoms. The van der Waals surface area contributed by atoms with Gasteiger partial charge in [-0.05, 0) is 74.7 Å². The Bertz CT molecular complexity index is 533. The van der Waals surface area contributed by atoms with E-state index < -0.39 is 0 Å². The van der Waals surface area contributed by atoms with Gasteiger partial charge in [0.25, 0.3) is 5.91 Å². The van der Waals surface area contributed by atoms with Crippen LogP contribution in [-0.2, 0) is 6.54 Å². The van der Waals surface area contributed by atoms with Crippen LogP contribution in [0.5, 0.6) is 0 Å². The van der Waals surface area contributed by atoms with Crippen molar-refractivity contribution in [1.29, 1.82) is 0 Å². The molecule has 0 aromatic heterocycles. The third-order valence-corrected chi connectivity index (χ3v) is 5.88. The second-order valence-electron chi connectivity index (χ2n) is 7.43. The number of fused-ring (bicyclic) bond motifs is 2. The summed E-state index contributed by atoms with van der Waals surface area (Å²) in [7, 11) is 0. The molecule has 1 amide bonds. The lowest BCUT2D eigenvalue weighted by atomic mass is 9.95. The van der Waals surface area contributed by atoms with Crippen LogP contribution >= 0.6 is 0 Å². The highest BCUT2D eigenvalue weighted by molar-refractivity contribution is 5.94. The molecule has 1 aliphatic heterocycles. The Kier molecular flexibility index (Phi) is 3.91. The van der Waals surface area contributed by atoms with Gasteiger partial charge in [0.15, 0.2) is 0 Å². The lowest BCUT2D eigenvalue weighted by Gasteiger charge is -2.23. The number of hydrogen-bond acceptors (Lipinski definition) is 2. The molecule has 2 aliphatic carbocycles. The molecule has 0 radical (unpaired) electrons. The van der Waals surface area contributed by atoms with Gasteiger partial charge in [0.05, 0.1) is 0 Å². The Morgan fingerprint density at radius 2 is 1.86 bits per heavy atom. The maximum atomic E-state index is 12.4. The number of nitrogens with one attached hydrogen (secondary N) is 1. The van der Waals surface area contributed by atoms with Gasteiger partial charge in [-0.15, -0.1) is 0 Å². The zero-order chi connectivity index (χ0) is 14.9. The van der Waals surface area contributed by atoms with E-state index in [4.69, 9.17) is 0 Å². The highest BCUT2D eigenvalue weighted by Crippen LogP contribution is 2.44. The molecule has 3 fully saturated rings. The van der Waals surface area contributed by atoms with Crippen LogP contribution in [0.15, 0.2) is 24.3 Å². The molecular formula is C19H26N2O. The molecule has 2 saturated carbocycles. The summed E-state index contributed by atoms with van der Waals surface area (Å²) in [4.78, 5) is 14.9. The molecule has 0 spiro atoms. The van der Waals surface area contributed by atoms with E-state index in [0.717, 1.165) is 23.9 Å². The van der Waals surface area contributed by atoms with E-state index in [1.54, 1.807) is 0 Å². The maximum Gasteiger partial charge on any atom is 0.251 e. The molecule has 1 aromatic rings. The predicted molar refractivity (Wildman–Crippen MR) is 87.7 cm³/mol. The Labute approximate surface area is 133 Å². The van der Waals surface area contributed by atoms with E-state index in [1.165, 1.54) is 57.2 Å². The monoisotopic (exact) mass is 298 g/mol. The van der Waals surface area contributed by atoms with Gasteiger partial charge in [0.2, 0.25) is 0 Å². The van der Waals surface area contributed by atoms with Crippen molar-refractivity contribution in [3.05, 3.63) is 35.4 Å². The molecule has 1 heterocycles. The molecule has 3 aliphatic rings. The summed E-state index contributed by atoms with van der Waals surface area (Å²) in [6.07, 6.45) is 7.86. The topological polar surface area (TPSA) is 32.3 Å². The zero-order valence-electron chi connectivity index (χ0n) is 13.3. The molecule has 4 rings (SSSR count). The smallest absolute Gasteiger partial charge is 0.251 e. The summed E-state index contributed by atoms with van der Waals surface area (Å²) in [6.45, 7) is 3.45. The highest BCUT2D eigenvalue weighted by atomic mass is 16.1. The van der Waals surface area contributed by atoms with Gasteiger partial charge in [0.1, 0.15) is 0 Å². The standard InChI is InChI=1S/C19H26N2O/c22-19(20-18-12-15-5-8-17(18)11-15)16-6-3-14(4-7-16)13-21-9-1-2-10-21/h3-4,6-7,15,17-18H,1-2,5,8-13H2,(H,20,22)/t15-,17-,18-/m1/s1. The molecular weight excluding hydrogens is 272 g/mol. The molecule has 1 saturated heterocycles. The van der Waals surface area contributed by atoms with Crippen molar-refractivity contribution >= 4 is 5.91 Å². The van der Waals surface area contributed by atoms with Crippen LogP contribution in [0.25, 0.3) is 0 Å². The van der Waals surface area contributed by atoms with Crippen LogP contribution in [0.3, 0.4) is 0 Å². The van der Waals surface area contributed by atoms with Crippen molar-refractivity contribution in [2.24, 2.45) is 11.8 Å². The van der Waals surface area contributed by atoms with Crippen molar-refractivity contribution < 1.29 is 4.79 Å². The minimum Gasteiger partial charge on any atom is -0.349 e. The summed E-state index contributed by atoms with van der Waals surface area (Å²) in [6, 6.07) is 8.65. The largest absolute Gasteiger partial charge is 0.349 e. The number of rotatable bonds is 4. The predicted octanol–water partition coefficient (Wildman–Crippen LogP) is 3.20. The number of likely N-dealkylation sites (tertiary alicyclic amines) is 1. The zero-order valence-corrected chi connectivity index (χ0v) is 13.3. The van der Waals surface area contributed by atoms with E-state index in [1.807, 2.05) is 12.1 Å². The van der Waals surface area contributed by atoms with Crippen molar-refractivity contribution in [1.82, 2.24) is 10.2 Å². The van der Waals surface area contributed by atoms with Crippen LogP contribution in [0.1, 0.15) is 54.4 Å². The van der Waals surface area contributed by atoms with E-state index in [0.29, 0.717) is 6.04 Å². The van der Waals surface area contributed by atoms with Crippen LogP contribution < -0.4 is 5.32 Å². The number of hydrogen-bond donors (Lipinski definition) is 1. The van der Waals surface area contributed by atoms with Gasteiger partial charge in [-0.1, -0.05) is 18.6 Å². The van der Waals surface area contributed by atoms with Crippen molar-refractivity contribution in [3.63, 3.8) is 0 Å². The Balaban J connectivity index is 1.34. The molecule has 1 N–H and O–H groups in total. The fourth-order valence-corrected chi connectivity index (χ4v) is 4.63. The Morgan fingerprint density at radius 3 is 2.50 bits per heavy atom. The molecule has 3 atom stereocenters. The van der Waals surface area contributed by atoms with Crippen molar-refractivity contribution in [3.8, 4) is 0 Å². The van der Waals surface area contributed by atoms with E-state index in [2.05, 4.69) is 22.3 Å². The maximum absolute atomic E-state index is 12.4. The van der Waals surface area contributed by atoms with Gasteiger partial charge >= 0.3 is 0 Å². The van der Waals surface area contributed by atoms with Gasteiger partial charge in [-0.3, -0.25) is 9.69 Å². The lowest BCUT2D eigenvalue weighted by Crippen LogP contribution is -2.38. The average Bonchev–Trinajstić information content (AvgIpc) is 3.25. The fraction of sp³-hybridized carbons (Fsp3) is 0.632. The van der Waals surface area contributed by atoms with Gasteiger partial charge in [0, 0.05) is 18.2 Å². The van der Waals surface area contributed by atoms with E-state index in [9.17, 15) is 4.79 Å². The summed E-state index contributed by atoms with van der Waals surface area (Å²) in [5, 5.41) is 3.27. The number of benzene rings is 1. The first-order valence-electron chi connectivity index (χ1n) is 8.90. The number of nitrogens with zero attached hydrogens (tertiary/aromatic N) is 1. The third-order valence-electron chi connectivity index (χ3n) is 5.88. The second-order valence-corrected chi connectivity index (χ2v) is 7.43. The summed E-state index contributed by atoms with van der Waals surface area (Å²) >= 11 is 0.